The molecule has 0 saturated heterocycles. The number of fused-ring (bicyclic) bond motifs is 4. The van der Waals surface area contributed by atoms with Gasteiger partial charge in [0.1, 0.15) is 5.82 Å². The van der Waals surface area contributed by atoms with E-state index in [0.29, 0.717) is 0 Å². The van der Waals surface area contributed by atoms with Crippen LogP contribution in [0.15, 0.2) is 212 Å². The predicted octanol–water partition coefficient (Wildman–Crippen LogP) is 13.8. The van der Waals surface area contributed by atoms with Gasteiger partial charge in [-0.3, -0.25) is 9.47 Å². The molecule has 0 amide bonds. The van der Waals surface area contributed by atoms with Gasteiger partial charge in [0.05, 0.1) is 11.2 Å². The zero-order chi connectivity index (χ0) is 35.8. The van der Waals surface area contributed by atoms with E-state index in [2.05, 4.69) is 227 Å². The molecule has 10 rings (SSSR count). The number of aromatic nitrogens is 1. The Morgan fingerprint density at radius 1 is 0.389 bits per heavy atom. The molecule has 0 aliphatic carbocycles. The van der Waals surface area contributed by atoms with Gasteiger partial charge in [-0.05, 0) is 107 Å². The zero-order valence-electron chi connectivity index (χ0n) is 29.8. The third-order valence-electron chi connectivity index (χ3n) is 10.6. The molecule has 54 heavy (non-hydrogen) atoms. The molecule has 1 aliphatic heterocycles. The average molecular weight is 692 g/mol. The summed E-state index contributed by atoms with van der Waals surface area (Å²) in [5.41, 5.74) is 15.6. The Hall–Kier alpha value is -7.10. The smallest absolute Gasteiger partial charge is 0.127 e. The molecular weight excluding hydrogens is 655 g/mol. The van der Waals surface area contributed by atoms with Crippen molar-refractivity contribution >= 4 is 45.2 Å². The first kappa shape index (κ1) is 31.6. The van der Waals surface area contributed by atoms with E-state index in [1.54, 1.807) is 0 Å². The number of rotatable bonds is 7. The lowest BCUT2D eigenvalue weighted by Gasteiger charge is -2.33. The van der Waals surface area contributed by atoms with Gasteiger partial charge in [0.2, 0.25) is 0 Å². The maximum Gasteiger partial charge on any atom is 0.127 e. The molecular formula is C51H37N3. The van der Waals surface area contributed by atoms with Gasteiger partial charge < -0.3 is 4.90 Å². The lowest BCUT2D eigenvalue weighted by molar-refractivity contribution is 1.01. The lowest BCUT2D eigenvalue weighted by Crippen LogP contribution is -2.20. The number of hydrogen-bond donors (Lipinski definition) is 0. The lowest BCUT2D eigenvalue weighted by atomic mass is 9.92. The first-order valence-electron chi connectivity index (χ1n) is 18.6. The number of nitrogens with zero attached hydrogens (tertiary/aromatic N) is 3. The SMILES string of the molecule is c1ccc(N(c2ccccc2)c2ccc(-c3ccc(-c4ccc5c(c4)Cc4c(n(-c6ccccc6)c6ccccc46)N5c4ccccc4)cc3)cc2)cc1. The second-order valence-corrected chi connectivity index (χ2v) is 13.8. The molecule has 1 aliphatic rings. The van der Waals surface area contributed by atoms with Crippen molar-refractivity contribution in [1.82, 2.24) is 4.57 Å². The van der Waals surface area contributed by atoms with Crippen LogP contribution in [-0.4, -0.2) is 4.57 Å². The number of para-hydroxylation sites is 5. The third kappa shape index (κ3) is 5.55. The van der Waals surface area contributed by atoms with Crippen LogP contribution in [0.1, 0.15) is 11.1 Å². The van der Waals surface area contributed by atoms with Gasteiger partial charge in [-0.25, -0.2) is 0 Å². The molecule has 0 N–H and O–H groups in total. The summed E-state index contributed by atoms with van der Waals surface area (Å²) in [6.07, 6.45) is 0.857. The summed E-state index contributed by atoms with van der Waals surface area (Å²) < 4.78 is 2.43. The predicted molar refractivity (Wildman–Crippen MR) is 226 cm³/mol. The summed E-state index contributed by atoms with van der Waals surface area (Å²) in [7, 11) is 0. The molecule has 3 nitrogen and oxygen atoms in total. The Balaban J connectivity index is 0.998. The second kappa shape index (κ2) is 13.5. The van der Waals surface area contributed by atoms with Crippen LogP contribution in [0.3, 0.4) is 0 Å². The molecule has 0 spiro atoms. The Labute approximate surface area is 316 Å². The molecule has 0 saturated carbocycles. The molecule has 2 heterocycles. The van der Waals surface area contributed by atoms with Crippen molar-refractivity contribution in [3.8, 4) is 27.9 Å². The largest absolute Gasteiger partial charge is 0.311 e. The first-order chi connectivity index (χ1) is 26.8. The quantitative estimate of drug-likeness (QED) is 0.165. The van der Waals surface area contributed by atoms with E-state index in [9.17, 15) is 0 Å². The standard InChI is InChI=1S/C51H37N3/c1-5-15-42(16-6-1)52(43-17-7-2-8-18-43)46-32-29-38(30-33-46)37-25-27-39(28-26-37)40-31-34-49-41(35-40)36-48-47-23-13-14-24-50(47)54(45-21-11-4-12-22-45)51(48)53(49)44-19-9-3-10-20-44/h1-35H,36H2. The maximum atomic E-state index is 2.45. The van der Waals surface area contributed by atoms with Crippen molar-refractivity contribution in [3.05, 3.63) is 223 Å². The van der Waals surface area contributed by atoms with Gasteiger partial charge in [0.15, 0.2) is 0 Å². The van der Waals surface area contributed by atoms with Crippen molar-refractivity contribution in [1.29, 1.82) is 0 Å². The Bertz CT molecular complexity index is 2660. The summed E-state index contributed by atoms with van der Waals surface area (Å²) in [6.45, 7) is 0. The second-order valence-electron chi connectivity index (χ2n) is 13.8. The van der Waals surface area contributed by atoms with Crippen LogP contribution in [0, 0.1) is 0 Å². The minimum absolute atomic E-state index is 0.857. The Kier molecular flexibility index (Phi) is 7.88. The van der Waals surface area contributed by atoms with E-state index in [1.165, 1.54) is 55.8 Å². The normalized spacial score (nSPS) is 12.0. The fourth-order valence-corrected chi connectivity index (χ4v) is 8.07. The maximum absolute atomic E-state index is 2.45. The Morgan fingerprint density at radius 3 is 1.46 bits per heavy atom. The minimum Gasteiger partial charge on any atom is -0.311 e. The van der Waals surface area contributed by atoms with Crippen molar-refractivity contribution < 1.29 is 0 Å². The van der Waals surface area contributed by atoms with Crippen LogP contribution in [0.2, 0.25) is 0 Å². The Morgan fingerprint density at radius 2 is 0.852 bits per heavy atom. The number of hydrogen-bond acceptors (Lipinski definition) is 2. The highest BCUT2D eigenvalue weighted by molar-refractivity contribution is 5.98. The molecule has 1 aromatic heterocycles. The molecule has 0 radical (unpaired) electrons. The van der Waals surface area contributed by atoms with Gasteiger partial charge in [-0.1, -0.05) is 133 Å². The van der Waals surface area contributed by atoms with E-state index in [1.807, 2.05) is 0 Å². The fourth-order valence-electron chi connectivity index (χ4n) is 8.07. The summed E-state index contributed by atoms with van der Waals surface area (Å²) in [5, 5.41) is 1.29. The van der Waals surface area contributed by atoms with Gasteiger partial charge in [-0.2, -0.15) is 0 Å². The van der Waals surface area contributed by atoms with E-state index in [-0.39, 0.29) is 0 Å². The topological polar surface area (TPSA) is 11.4 Å². The van der Waals surface area contributed by atoms with E-state index >= 15 is 0 Å². The van der Waals surface area contributed by atoms with Crippen molar-refractivity contribution in [3.63, 3.8) is 0 Å². The highest BCUT2D eigenvalue weighted by Gasteiger charge is 2.31. The zero-order valence-corrected chi connectivity index (χ0v) is 29.8. The fraction of sp³-hybridized carbons (Fsp3) is 0.0196. The van der Waals surface area contributed by atoms with Gasteiger partial charge in [-0.15, -0.1) is 0 Å². The van der Waals surface area contributed by atoms with Crippen LogP contribution in [-0.2, 0) is 6.42 Å². The van der Waals surface area contributed by atoms with Gasteiger partial charge >= 0.3 is 0 Å². The third-order valence-corrected chi connectivity index (χ3v) is 10.6. The molecule has 9 aromatic rings. The molecule has 0 bridgehead atoms. The minimum atomic E-state index is 0.857. The summed E-state index contributed by atoms with van der Waals surface area (Å²) in [4.78, 5) is 4.75. The summed E-state index contributed by atoms with van der Waals surface area (Å²) >= 11 is 0. The van der Waals surface area contributed by atoms with Crippen molar-refractivity contribution in [2.24, 2.45) is 0 Å². The van der Waals surface area contributed by atoms with Crippen molar-refractivity contribution in [2.75, 3.05) is 9.80 Å². The van der Waals surface area contributed by atoms with Crippen molar-refractivity contribution in [2.45, 2.75) is 6.42 Å². The van der Waals surface area contributed by atoms with Gasteiger partial charge in [0, 0.05) is 45.8 Å². The van der Waals surface area contributed by atoms with Crippen LogP contribution in [0.25, 0.3) is 38.8 Å². The molecule has 3 heteroatoms. The molecule has 0 fully saturated rings. The van der Waals surface area contributed by atoms with Crippen LogP contribution in [0.4, 0.5) is 34.3 Å². The van der Waals surface area contributed by atoms with E-state index in [0.717, 1.165) is 34.9 Å². The average Bonchev–Trinajstić information content (AvgIpc) is 3.58. The van der Waals surface area contributed by atoms with Crippen LogP contribution in [0.5, 0.6) is 0 Å². The molecule has 256 valence electrons. The number of benzene rings is 8. The van der Waals surface area contributed by atoms with E-state index in [4.69, 9.17) is 0 Å². The monoisotopic (exact) mass is 691 g/mol. The number of anilines is 6. The van der Waals surface area contributed by atoms with E-state index < -0.39 is 0 Å². The first-order valence-corrected chi connectivity index (χ1v) is 18.6. The molecule has 0 unspecified atom stereocenters. The summed E-state index contributed by atoms with van der Waals surface area (Å²) in [5.74, 6) is 1.21. The van der Waals surface area contributed by atoms with Gasteiger partial charge in [0.25, 0.3) is 0 Å². The highest BCUT2D eigenvalue weighted by atomic mass is 15.3. The van der Waals surface area contributed by atoms with Crippen LogP contribution < -0.4 is 9.80 Å². The highest BCUT2D eigenvalue weighted by Crippen LogP contribution is 2.49. The molecule has 8 aromatic carbocycles. The van der Waals surface area contributed by atoms with Crippen LogP contribution >= 0.6 is 0 Å². The molecule has 0 atom stereocenters. The summed E-state index contributed by atoms with van der Waals surface area (Å²) in [6, 6.07) is 76.3.